The monoisotopic (exact) mass is 400 g/mol. The van der Waals surface area contributed by atoms with E-state index in [2.05, 4.69) is 24.3 Å². The number of benzene rings is 1. The lowest BCUT2D eigenvalue weighted by Gasteiger charge is -2.37. The van der Waals surface area contributed by atoms with Crippen LogP contribution in [0.25, 0.3) is 0 Å². The van der Waals surface area contributed by atoms with E-state index in [9.17, 15) is 4.79 Å². The first-order chi connectivity index (χ1) is 12.8. The summed E-state index contributed by atoms with van der Waals surface area (Å²) in [4.78, 5) is 19.6. The maximum atomic E-state index is 12.6. The lowest BCUT2D eigenvalue weighted by Crippen LogP contribution is -2.38. The van der Waals surface area contributed by atoms with Crippen LogP contribution in [0, 0.1) is 0 Å². The topological polar surface area (TPSA) is 32.7 Å². The average molecular weight is 401 g/mol. The number of carbonyl (C=O) groups is 1. The molecule has 1 aromatic carbocycles. The zero-order chi connectivity index (χ0) is 17.5. The van der Waals surface area contributed by atoms with Gasteiger partial charge >= 0.3 is 0 Å². The molecular weight excluding hydrogens is 380 g/mol. The molecule has 3 heterocycles. The Hall–Kier alpha value is -1.11. The van der Waals surface area contributed by atoms with E-state index >= 15 is 0 Å². The summed E-state index contributed by atoms with van der Waals surface area (Å²) >= 11 is 5.59. The summed E-state index contributed by atoms with van der Waals surface area (Å²) in [6, 6.07) is 10.5. The number of aliphatic imine (C=N–C) groups is 1. The fourth-order valence-electron chi connectivity index (χ4n) is 4.04. The number of nitrogens with zero attached hydrogens (tertiary/aromatic N) is 2. The molecule has 4 aliphatic rings. The first-order valence-electron chi connectivity index (χ1n) is 9.13. The molecule has 0 bridgehead atoms. The van der Waals surface area contributed by atoms with Crippen molar-refractivity contribution in [2.45, 2.75) is 31.7 Å². The van der Waals surface area contributed by atoms with Crippen LogP contribution < -0.4 is 0 Å². The molecule has 1 aromatic rings. The van der Waals surface area contributed by atoms with E-state index in [1.165, 1.54) is 44.6 Å². The Morgan fingerprint density at radius 3 is 2.62 bits per heavy atom. The summed E-state index contributed by atoms with van der Waals surface area (Å²) in [5.74, 6) is 3.13. The third kappa shape index (κ3) is 2.86. The number of amidine groups is 1. The Balaban J connectivity index is 1.67. The second-order valence-electron chi connectivity index (χ2n) is 6.80. The molecule has 1 aliphatic carbocycles. The van der Waals surface area contributed by atoms with Gasteiger partial charge in [0.25, 0.3) is 0 Å². The van der Waals surface area contributed by atoms with Crippen molar-refractivity contribution < 1.29 is 4.79 Å². The summed E-state index contributed by atoms with van der Waals surface area (Å²) < 4.78 is 1.47. The third-order valence-electron chi connectivity index (χ3n) is 5.17. The van der Waals surface area contributed by atoms with E-state index in [4.69, 9.17) is 4.99 Å². The van der Waals surface area contributed by atoms with Crippen molar-refractivity contribution in [3.8, 4) is 0 Å². The number of amides is 1. The normalized spacial score (nSPS) is 26.0. The molecule has 6 heteroatoms. The van der Waals surface area contributed by atoms with E-state index in [-0.39, 0.29) is 11.9 Å². The fourth-order valence-corrected chi connectivity index (χ4v) is 7.65. The molecule has 0 saturated carbocycles. The van der Waals surface area contributed by atoms with Gasteiger partial charge in [0, 0.05) is 4.24 Å². The van der Waals surface area contributed by atoms with E-state index in [0.29, 0.717) is 5.75 Å². The minimum absolute atomic E-state index is 0.0238. The second-order valence-corrected chi connectivity index (χ2v) is 10.2. The maximum Gasteiger partial charge on any atom is 0.239 e. The molecular formula is C20H20N2OS3. The zero-order valence-electron chi connectivity index (χ0n) is 14.4. The summed E-state index contributed by atoms with van der Waals surface area (Å²) in [6.07, 6.45) is 4.59. The van der Waals surface area contributed by atoms with Crippen LogP contribution in [0.15, 0.2) is 56.4 Å². The largest absolute Gasteiger partial charge is 0.279 e. The van der Waals surface area contributed by atoms with Gasteiger partial charge in [0.15, 0.2) is 5.17 Å². The van der Waals surface area contributed by atoms with Crippen LogP contribution in [0.2, 0.25) is 0 Å². The Morgan fingerprint density at radius 1 is 1.00 bits per heavy atom. The third-order valence-corrected chi connectivity index (χ3v) is 8.82. The van der Waals surface area contributed by atoms with Gasteiger partial charge in [-0.05, 0) is 53.9 Å². The van der Waals surface area contributed by atoms with Gasteiger partial charge in [0.05, 0.1) is 17.5 Å². The van der Waals surface area contributed by atoms with Crippen molar-refractivity contribution in [3.63, 3.8) is 0 Å². The zero-order valence-corrected chi connectivity index (χ0v) is 16.9. The summed E-state index contributed by atoms with van der Waals surface area (Å²) in [5, 5.41) is 0.897. The van der Waals surface area contributed by atoms with Gasteiger partial charge in [-0.3, -0.25) is 9.69 Å². The van der Waals surface area contributed by atoms with Crippen molar-refractivity contribution >= 4 is 46.4 Å². The first kappa shape index (κ1) is 17.0. The van der Waals surface area contributed by atoms with Gasteiger partial charge in [0.2, 0.25) is 5.91 Å². The molecule has 3 nitrogen and oxygen atoms in total. The van der Waals surface area contributed by atoms with Crippen LogP contribution in [0.4, 0.5) is 0 Å². The molecule has 0 spiro atoms. The molecule has 1 atom stereocenters. The van der Waals surface area contributed by atoms with Crippen molar-refractivity contribution in [3.05, 3.63) is 57.0 Å². The van der Waals surface area contributed by atoms with E-state index in [1.54, 1.807) is 11.8 Å². The summed E-state index contributed by atoms with van der Waals surface area (Å²) in [6.45, 7) is 0. The van der Waals surface area contributed by atoms with Crippen molar-refractivity contribution in [1.29, 1.82) is 0 Å². The van der Waals surface area contributed by atoms with Crippen molar-refractivity contribution in [1.82, 2.24) is 4.90 Å². The SMILES string of the molecule is O=C1CSC2=NC3=C(CCCC3=C3SCCCS3)C(c3ccccc3)N12. The number of fused-ring (bicyclic) bond motifs is 1. The number of hydrogen-bond donors (Lipinski definition) is 0. The van der Waals surface area contributed by atoms with Crippen LogP contribution >= 0.6 is 35.3 Å². The quantitative estimate of drug-likeness (QED) is 0.649. The van der Waals surface area contributed by atoms with E-state index in [1.807, 2.05) is 34.5 Å². The highest BCUT2D eigenvalue weighted by atomic mass is 32.2. The maximum absolute atomic E-state index is 12.6. The Labute approximate surface area is 166 Å². The molecule has 0 aromatic heterocycles. The summed E-state index contributed by atoms with van der Waals surface area (Å²) in [5.41, 5.74) is 5.18. The van der Waals surface area contributed by atoms with Crippen LogP contribution in [0.1, 0.15) is 37.3 Å². The van der Waals surface area contributed by atoms with Crippen LogP contribution in [0.3, 0.4) is 0 Å². The fraction of sp³-hybridized carbons (Fsp3) is 0.400. The van der Waals surface area contributed by atoms with E-state index < -0.39 is 0 Å². The van der Waals surface area contributed by atoms with Crippen molar-refractivity contribution in [2.75, 3.05) is 17.3 Å². The molecule has 1 unspecified atom stereocenters. The predicted octanol–water partition coefficient (Wildman–Crippen LogP) is 5.19. The number of carbonyl (C=O) groups excluding carboxylic acids is 1. The number of thioether (sulfide) groups is 3. The smallest absolute Gasteiger partial charge is 0.239 e. The Bertz CT molecular complexity index is 836. The summed E-state index contributed by atoms with van der Waals surface area (Å²) in [7, 11) is 0. The molecule has 2 fully saturated rings. The van der Waals surface area contributed by atoms with Crippen molar-refractivity contribution in [2.24, 2.45) is 4.99 Å². The Morgan fingerprint density at radius 2 is 1.81 bits per heavy atom. The van der Waals surface area contributed by atoms with Crippen LogP contribution in [-0.4, -0.2) is 33.2 Å². The standard InChI is InChI=1S/C20H20N2OS3/c23-16-12-26-20-21-17-14(18(22(16)20)13-6-2-1-3-7-13)8-4-9-15(17)19-24-10-5-11-25-19/h1-3,6-7,18H,4-5,8-12H2. The molecule has 5 rings (SSSR count). The molecule has 134 valence electrons. The first-order valence-corrected chi connectivity index (χ1v) is 12.1. The molecule has 2 saturated heterocycles. The van der Waals surface area contributed by atoms with Gasteiger partial charge in [-0.25, -0.2) is 4.99 Å². The lowest BCUT2D eigenvalue weighted by molar-refractivity contribution is -0.125. The molecule has 0 N–H and O–H groups in total. The highest BCUT2D eigenvalue weighted by Gasteiger charge is 2.42. The van der Waals surface area contributed by atoms with Gasteiger partial charge < -0.3 is 0 Å². The van der Waals surface area contributed by atoms with Gasteiger partial charge in [0.1, 0.15) is 0 Å². The predicted molar refractivity (Wildman–Crippen MR) is 113 cm³/mol. The average Bonchev–Trinajstić information content (AvgIpc) is 3.07. The highest BCUT2D eigenvalue weighted by Crippen LogP contribution is 2.50. The van der Waals surface area contributed by atoms with Gasteiger partial charge in [-0.2, -0.15) is 0 Å². The number of rotatable bonds is 1. The Kier molecular flexibility index (Phi) is 4.67. The number of hydrogen-bond acceptors (Lipinski definition) is 5. The number of allylic oxidation sites excluding steroid dienone is 1. The molecule has 0 radical (unpaired) electrons. The molecule has 26 heavy (non-hydrogen) atoms. The lowest BCUT2D eigenvalue weighted by atomic mass is 9.84. The molecule has 3 aliphatic heterocycles. The minimum atomic E-state index is 0.0238. The minimum Gasteiger partial charge on any atom is -0.279 e. The molecule has 1 amide bonds. The second kappa shape index (κ2) is 7.13. The highest BCUT2D eigenvalue weighted by molar-refractivity contribution is 8.22. The van der Waals surface area contributed by atoms with Gasteiger partial charge in [-0.15, -0.1) is 23.5 Å². The van der Waals surface area contributed by atoms with E-state index in [0.717, 1.165) is 24.4 Å². The van der Waals surface area contributed by atoms with Crippen LogP contribution in [-0.2, 0) is 4.79 Å². The van der Waals surface area contributed by atoms with Gasteiger partial charge in [-0.1, -0.05) is 42.1 Å². The van der Waals surface area contributed by atoms with Crippen LogP contribution in [0.5, 0.6) is 0 Å².